The molecule has 1 aliphatic heterocycles. The first-order valence-electron chi connectivity index (χ1n) is 15.9. The Balaban J connectivity index is 1.73. The van der Waals surface area contributed by atoms with E-state index >= 15 is 0 Å². The Bertz CT molecular complexity index is 1370. The number of rotatable bonds is 19. The lowest BCUT2D eigenvalue weighted by Crippen LogP contribution is -2.48. The van der Waals surface area contributed by atoms with E-state index in [-0.39, 0.29) is 49.3 Å². The zero-order valence-electron chi connectivity index (χ0n) is 27.9. The summed E-state index contributed by atoms with van der Waals surface area (Å²) in [5.74, 6) is -1.28. The van der Waals surface area contributed by atoms with Crippen LogP contribution in [-0.2, 0) is 39.8 Å². The third-order valence-corrected chi connectivity index (χ3v) is 8.31. The lowest BCUT2D eigenvalue weighted by atomic mass is 9.93. The summed E-state index contributed by atoms with van der Waals surface area (Å²) in [4.78, 5) is 50.4. The number of ether oxygens (including phenoxy) is 4. The summed E-state index contributed by atoms with van der Waals surface area (Å²) in [6.07, 6.45) is 3.01. The van der Waals surface area contributed by atoms with E-state index < -0.39 is 36.0 Å². The molecule has 0 aromatic heterocycles. The summed E-state index contributed by atoms with van der Waals surface area (Å²) in [7, 11) is 2.99. The third kappa shape index (κ3) is 11.8. The molecule has 7 unspecified atom stereocenters. The van der Waals surface area contributed by atoms with Gasteiger partial charge >= 0.3 is 5.97 Å². The number of hydrogen-bond donors (Lipinski definition) is 2. The molecular formula is C36H47ClN2O8. The monoisotopic (exact) mass is 670 g/mol. The lowest BCUT2D eigenvalue weighted by molar-refractivity contribution is -0.164. The largest absolute Gasteiger partial charge is 0.495 e. The van der Waals surface area contributed by atoms with Gasteiger partial charge in [-0.15, -0.1) is 0 Å². The van der Waals surface area contributed by atoms with Gasteiger partial charge in [0, 0.05) is 38.3 Å². The number of halogens is 1. The Morgan fingerprint density at radius 2 is 1.77 bits per heavy atom. The van der Waals surface area contributed by atoms with Crippen LogP contribution in [0, 0.1) is 17.8 Å². The van der Waals surface area contributed by atoms with Crippen LogP contribution in [0.5, 0.6) is 5.75 Å². The highest BCUT2D eigenvalue weighted by Crippen LogP contribution is 2.45. The maximum atomic E-state index is 13.1. The minimum atomic E-state index is -0.951. The predicted octanol–water partition coefficient (Wildman–Crippen LogP) is 5.02. The van der Waals surface area contributed by atoms with Crippen LogP contribution in [0.25, 0.3) is 0 Å². The molecule has 0 spiro atoms. The Morgan fingerprint density at radius 3 is 2.38 bits per heavy atom. The van der Waals surface area contributed by atoms with Gasteiger partial charge < -0.3 is 34.4 Å². The molecule has 11 heteroatoms. The van der Waals surface area contributed by atoms with Gasteiger partial charge in [-0.05, 0) is 41.7 Å². The number of carbonyl (C=O) groups is 4. The van der Waals surface area contributed by atoms with Crippen molar-refractivity contribution in [1.29, 1.82) is 0 Å². The molecule has 47 heavy (non-hydrogen) atoms. The van der Waals surface area contributed by atoms with E-state index in [9.17, 15) is 19.2 Å². The summed E-state index contributed by atoms with van der Waals surface area (Å²) in [5, 5.41) is 5.86. The molecule has 2 aromatic rings. The highest BCUT2D eigenvalue weighted by atomic mass is 35.5. The van der Waals surface area contributed by atoms with Gasteiger partial charge in [0.2, 0.25) is 11.8 Å². The minimum Gasteiger partial charge on any atom is -0.495 e. The highest BCUT2D eigenvalue weighted by Gasteiger charge is 2.47. The predicted molar refractivity (Wildman–Crippen MR) is 179 cm³/mol. The minimum absolute atomic E-state index is 0.110. The summed E-state index contributed by atoms with van der Waals surface area (Å²) in [6.45, 7) is 7.78. The van der Waals surface area contributed by atoms with E-state index in [1.807, 2.05) is 51.1 Å². The number of methoxy groups -OCH3 is 2. The molecule has 1 aliphatic rings. The van der Waals surface area contributed by atoms with Crippen molar-refractivity contribution in [3.05, 3.63) is 76.8 Å². The van der Waals surface area contributed by atoms with Gasteiger partial charge in [0.25, 0.3) is 0 Å². The van der Waals surface area contributed by atoms with Crippen molar-refractivity contribution in [3.8, 4) is 5.75 Å². The van der Waals surface area contributed by atoms with Gasteiger partial charge in [0.1, 0.15) is 30.3 Å². The van der Waals surface area contributed by atoms with Crippen LogP contribution in [0.4, 0.5) is 0 Å². The molecule has 0 saturated carbocycles. The summed E-state index contributed by atoms with van der Waals surface area (Å²) in [5.41, 5.74) is 1.75. The number of hydrogen-bond acceptors (Lipinski definition) is 8. The second-order valence-electron chi connectivity index (χ2n) is 12.4. The standard InChI is InChI=1S/C36H47ClN2O8/c1-22(2)17-31(45-6)36(43)46-29(24(4)33-34(47-33)26-11-8-7-9-12-26)13-10-14-32(41)39-28(35(42)38-20-23(3)21-40)19-25-15-16-30(44-5)27(37)18-25/h7-12,14-16,18,21-24,28-29,31,33-34H,13,17,19-20H2,1-6H3,(H,38,42)(H,39,41)/b14-10+. The van der Waals surface area contributed by atoms with Crippen LogP contribution in [0.1, 0.15) is 57.8 Å². The summed E-state index contributed by atoms with van der Waals surface area (Å²) >= 11 is 6.29. The van der Waals surface area contributed by atoms with E-state index in [1.165, 1.54) is 20.3 Å². The Hall–Kier alpha value is -3.73. The molecule has 0 aliphatic carbocycles. The summed E-state index contributed by atoms with van der Waals surface area (Å²) in [6, 6.07) is 14.0. The van der Waals surface area contributed by atoms with Crippen LogP contribution in [-0.4, -0.2) is 69.2 Å². The molecule has 10 nitrogen and oxygen atoms in total. The summed E-state index contributed by atoms with van der Waals surface area (Å²) < 4.78 is 22.6. The topological polar surface area (TPSA) is 133 Å². The van der Waals surface area contributed by atoms with Gasteiger partial charge in [-0.25, -0.2) is 4.79 Å². The molecule has 256 valence electrons. The quantitative estimate of drug-likeness (QED) is 0.0922. The van der Waals surface area contributed by atoms with Crippen molar-refractivity contribution >= 4 is 35.7 Å². The van der Waals surface area contributed by atoms with Crippen molar-refractivity contribution in [1.82, 2.24) is 10.6 Å². The molecule has 3 rings (SSSR count). The van der Waals surface area contributed by atoms with E-state index in [0.29, 0.717) is 22.8 Å². The SMILES string of the molecule is COc1ccc(CC(NC(=O)/C=C/CC(OC(=O)C(CC(C)C)OC)C(C)C2OC2c2ccccc2)C(=O)NCC(C)C=O)cc1Cl. The molecule has 1 heterocycles. The zero-order valence-corrected chi connectivity index (χ0v) is 28.7. The molecule has 1 fully saturated rings. The van der Waals surface area contributed by atoms with E-state index in [4.69, 9.17) is 30.5 Å². The lowest BCUT2D eigenvalue weighted by Gasteiger charge is -2.25. The fourth-order valence-corrected chi connectivity index (χ4v) is 5.48. The smallest absolute Gasteiger partial charge is 0.335 e. The van der Waals surface area contributed by atoms with Crippen molar-refractivity contribution < 1.29 is 38.1 Å². The van der Waals surface area contributed by atoms with Gasteiger partial charge in [-0.1, -0.05) is 81.8 Å². The maximum Gasteiger partial charge on any atom is 0.335 e. The molecule has 7 atom stereocenters. The van der Waals surface area contributed by atoms with Gasteiger partial charge in [0.15, 0.2) is 6.10 Å². The van der Waals surface area contributed by atoms with E-state index in [0.717, 1.165) is 11.8 Å². The number of benzene rings is 2. The molecule has 0 bridgehead atoms. The normalized spacial score (nSPS) is 18.9. The maximum absolute atomic E-state index is 13.1. The first kappa shape index (κ1) is 37.7. The van der Waals surface area contributed by atoms with Crippen LogP contribution < -0.4 is 15.4 Å². The van der Waals surface area contributed by atoms with Crippen molar-refractivity contribution in [3.63, 3.8) is 0 Å². The average Bonchev–Trinajstić information content (AvgIpc) is 3.86. The average molecular weight is 671 g/mol. The van der Waals surface area contributed by atoms with Crippen molar-refractivity contribution in [2.24, 2.45) is 17.8 Å². The fourth-order valence-electron chi connectivity index (χ4n) is 5.20. The number of nitrogens with one attached hydrogen (secondary N) is 2. The van der Waals surface area contributed by atoms with Crippen LogP contribution in [0.2, 0.25) is 5.02 Å². The van der Waals surface area contributed by atoms with Gasteiger partial charge in [-0.3, -0.25) is 9.59 Å². The number of amides is 2. The molecule has 2 amide bonds. The van der Waals surface area contributed by atoms with Gasteiger partial charge in [-0.2, -0.15) is 0 Å². The van der Waals surface area contributed by atoms with Crippen LogP contribution in [0.3, 0.4) is 0 Å². The number of carbonyl (C=O) groups excluding carboxylic acids is 4. The van der Waals surface area contributed by atoms with Crippen LogP contribution >= 0.6 is 11.6 Å². The van der Waals surface area contributed by atoms with Crippen molar-refractivity contribution in [2.75, 3.05) is 20.8 Å². The first-order valence-corrected chi connectivity index (χ1v) is 16.3. The third-order valence-electron chi connectivity index (χ3n) is 8.02. The number of aldehydes is 1. The molecule has 0 radical (unpaired) electrons. The molecular weight excluding hydrogens is 624 g/mol. The zero-order chi connectivity index (χ0) is 34.5. The second kappa shape index (κ2) is 18.6. The van der Waals surface area contributed by atoms with Crippen molar-refractivity contribution in [2.45, 2.75) is 77.4 Å². The molecule has 2 aromatic carbocycles. The Labute approximate surface area is 282 Å². The Morgan fingerprint density at radius 1 is 1.04 bits per heavy atom. The van der Waals surface area contributed by atoms with E-state index in [1.54, 1.807) is 31.2 Å². The van der Waals surface area contributed by atoms with Gasteiger partial charge in [0.05, 0.1) is 18.2 Å². The number of epoxide rings is 1. The first-order chi connectivity index (χ1) is 22.5. The molecule has 1 saturated heterocycles. The van der Waals surface area contributed by atoms with E-state index in [2.05, 4.69) is 10.6 Å². The fraction of sp³-hybridized carbons (Fsp3) is 0.500. The molecule has 2 N–H and O–H groups in total. The Kier molecular flexibility index (Phi) is 14.9. The van der Waals surface area contributed by atoms with Crippen LogP contribution in [0.15, 0.2) is 60.7 Å². The number of esters is 1. The second-order valence-corrected chi connectivity index (χ2v) is 12.8. The highest BCUT2D eigenvalue weighted by molar-refractivity contribution is 6.32.